The fraction of sp³-hybridized carbons (Fsp3) is 0.163. The molecule has 2 nitrogen and oxygen atoms in total. The summed E-state index contributed by atoms with van der Waals surface area (Å²) in [5.74, 6) is 0. The average molecular weight is 1290 g/mol. The number of rotatable bonds is 12. The van der Waals surface area contributed by atoms with E-state index in [1.165, 1.54) is 156 Å². The van der Waals surface area contributed by atoms with Crippen molar-refractivity contribution >= 4 is 58.4 Å². The van der Waals surface area contributed by atoms with Gasteiger partial charge in [-0.2, -0.15) is 0 Å². The monoisotopic (exact) mass is 1290 g/mol. The molecule has 0 N–H and O–H groups in total. The first-order chi connectivity index (χ1) is 48.1. The van der Waals surface area contributed by atoms with E-state index >= 15 is 0 Å². The van der Waals surface area contributed by atoms with Crippen molar-refractivity contribution in [3.8, 4) is 66.8 Å². The van der Waals surface area contributed by atoms with Gasteiger partial charge in [0.2, 0.25) is 0 Å². The molecule has 13 aromatic rings. The highest BCUT2D eigenvalue weighted by Crippen LogP contribution is 2.55. The van der Waals surface area contributed by atoms with Gasteiger partial charge in [-0.1, -0.05) is 262 Å². The lowest BCUT2D eigenvalue weighted by Gasteiger charge is -2.29. The number of anilines is 6. The summed E-state index contributed by atoms with van der Waals surface area (Å²) < 4.78 is 0. The number of fused-ring (bicyclic) bond motifs is 12. The van der Waals surface area contributed by atoms with Gasteiger partial charge in [0.15, 0.2) is 0 Å². The van der Waals surface area contributed by atoms with E-state index in [1.807, 2.05) is 0 Å². The van der Waals surface area contributed by atoms with Gasteiger partial charge < -0.3 is 9.80 Å². The quantitative estimate of drug-likeness (QED) is 0.113. The molecule has 4 aliphatic rings. The van der Waals surface area contributed by atoms with E-state index in [0.717, 1.165) is 34.1 Å². The van der Waals surface area contributed by atoms with Gasteiger partial charge in [0, 0.05) is 55.8 Å². The molecule has 0 aliphatic heterocycles. The molecule has 2 heteroatoms. The third-order valence-corrected chi connectivity index (χ3v) is 22.8. The van der Waals surface area contributed by atoms with Crippen molar-refractivity contribution in [2.75, 3.05) is 9.80 Å². The van der Waals surface area contributed by atoms with Gasteiger partial charge in [-0.15, -0.1) is 0 Å². The van der Waals surface area contributed by atoms with Gasteiger partial charge in [0.1, 0.15) is 0 Å². The summed E-state index contributed by atoms with van der Waals surface area (Å²) in [6.07, 6.45) is 9.03. The number of benzene rings is 13. The molecule has 13 aromatic carbocycles. The van der Waals surface area contributed by atoms with Crippen LogP contribution in [0.2, 0.25) is 0 Å². The van der Waals surface area contributed by atoms with E-state index < -0.39 is 0 Å². The molecule has 486 valence electrons. The fourth-order valence-electron chi connectivity index (χ4n) is 17.5. The van der Waals surface area contributed by atoms with E-state index in [-0.39, 0.29) is 21.7 Å². The van der Waals surface area contributed by atoms with Crippen LogP contribution in [-0.2, 0) is 21.7 Å². The molecule has 0 bridgehead atoms. The first-order valence-electron chi connectivity index (χ1n) is 35.7. The van der Waals surface area contributed by atoms with E-state index in [4.69, 9.17) is 0 Å². The van der Waals surface area contributed by atoms with Gasteiger partial charge in [0.05, 0.1) is 0 Å². The van der Waals surface area contributed by atoms with Crippen LogP contribution in [0, 0.1) is 27.7 Å². The normalized spacial score (nSPS) is 14.8. The molecular formula is C98H84N2. The minimum atomic E-state index is -0.213. The zero-order valence-corrected chi connectivity index (χ0v) is 59.6. The van der Waals surface area contributed by atoms with Crippen LogP contribution in [0.1, 0.15) is 144 Å². The molecule has 0 fully saturated rings. The minimum absolute atomic E-state index is 0.0508. The molecule has 0 radical (unpaired) electrons. The second-order valence-electron chi connectivity index (χ2n) is 31.0. The number of hydrogen-bond acceptors (Lipinski definition) is 2. The molecule has 0 saturated heterocycles. The molecule has 4 aliphatic carbocycles. The van der Waals surface area contributed by atoms with Crippen LogP contribution in [0.5, 0.6) is 0 Å². The minimum Gasteiger partial charge on any atom is -0.310 e. The molecular weight excluding hydrogens is 1210 g/mol. The van der Waals surface area contributed by atoms with Gasteiger partial charge >= 0.3 is 0 Å². The van der Waals surface area contributed by atoms with Gasteiger partial charge in [-0.25, -0.2) is 0 Å². The zero-order valence-electron chi connectivity index (χ0n) is 59.6. The Bertz CT molecular complexity index is 5180. The Morgan fingerprint density at radius 3 is 0.830 bits per heavy atom. The second-order valence-corrected chi connectivity index (χ2v) is 31.0. The smallest absolute Gasteiger partial charge is 0.0466 e. The molecule has 0 spiro atoms. The third-order valence-electron chi connectivity index (χ3n) is 22.8. The van der Waals surface area contributed by atoms with Crippen LogP contribution in [0.4, 0.5) is 34.1 Å². The first-order valence-corrected chi connectivity index (χ1v) is 35.7. The predicted octanol–water partition coefficient (Wildman–Crippen LogP) is 26.8. The molecule has 0 amide bonds. The Morgan fingerprint density at radius 2 is 0.460 bits per heavy atom. The van der Waals surface area contributed by atoms with E-state index in [1.54, 1.807) is 0 Å². The fourth-order valence-corrected chi connectivity index (χ4v) is 17.5. The lowest BCUT2D eigenvalue weighted by molar-refractivity contribution is 0.660. The number of nitrogens with zero attached hydrogens (tertiary/aromatic N) is 2. The molecule has 0 atom stereocenters. The molecule has 0 heterocycles. The summed E-state index contributed by atoms with van der Waals surface area (Å²) in [5, 5.41) is 0. The summed E-state index contributed by atoms with van der Waals surface area (Å²) in [5.41, 5.74) is 42.6. The molecule has 0 unspecified atom stereocenters. The molecule has 17 rings (SSSR count). The van der Waals surface area contributed by atoms with Crippen molar-refractivity contribution < 1.29 is 0 Å². The second kappa shape index (κ2) is 23.3. The van der Waals surface area contributed by atoms with Gasteiger partial charge in [0.25, 0.3) is 0 Å². The maximum absolute atomic E-state index is 2.45. The van der Waals surface area contributed by atoms with Crippen molar-refractivity contribution in [3.63, 3.8) is 0 Å². The standard InChI is InChI=1S/C98H84N2/c1-61-49-62(2)52-77(51-61)99(73-37-31-69(32-38-73)71-35-45-83-79-17-13-15-19-87(79)95(5,6)91(83)57-71)75-41-47-85-81-43-29-67(55-89(81)97(9,10)93(85)59-75)27-25-65-21-23-66(24-22-65)26-28-68-30-44-82-86-48-42-76(60-94(86)98(11,12)90(82)56-68)100(78-53-63(3)50-64(4)54-78)74-39-33-70(34-40-74)72-36-46-84-80-18-14-16-20-88(80)96(7,8)92(84)58-72/h13-60H,1-12H3. The van der Waals surface area contributed by atoms with E-state index in [0.29, 0.717) is 0 Å². The highest BCUT2D eigenvalue weighted by molar-refractivity contribution is 5.92. The molecule has 0 aromatic heterocycles. The average Bonchev–Trinajstić information content (AvgIpc) is 1.59. The van der Waals surface area contributed by atoms with Crippen molar-refractivity contribution in [3.05, 3.63) is 356 Å². The highest BCUT2D eigenvalue weighted by atomic mass is 15.1. The van der Waals surface area contributed by atoms with E-state index in [2.05, 4.69) is 384 Å². The number of aryl methyl sites for hydroxylation is 4. The summed E-state index contributed by atoms with van der Waals surface area (Å²) in [7, 11) is 0. The zero-order chi connectivity index (χ0) is 68.7. The molecule has 100 heavy (non-hydrogen) atoms. The summed E-state index contributed by atoms with van der Waals surface area (Å²) in [6, 6.07) is 101. The Kier molecular flexibility index (Phi) is 14.5. The Hall–Kier alpha value is -11.1. The van der Waals surface area contributed by atoms with Crippen LogP contribution in [0.3, 0.4) is 0 Å². The largest absolute Gasteiger partial charge is 0.310 e. The van der Waals surface area contributed by atoms with Crippen LogP contribution < -0.4 is 9.80 Å². The SMILES string of the molecule is Cc1cc(C)cc(N(c2ccc(-c3ccc4c(c3)C(C)(C)c3ccccc3-4)cc2)c2ccc3c(c2)C(C)(C)c2cc(C=Cc4ccc(C=Cc5ccc6c(c5)C(C)(C)c5cc(N(c7ccc(-c8ccc9c(c8)C(C)(C)c8ccccc8-9)cc7)c7cc(C)cc(C)c7)ccc5-6)cc4)ccc2-3)c1. The lowest BCUT2D eigenvalue weighted by atomic mass is 9.81. The van der Waals surface area contributed by atoms with Crippen LogP contribution in [-0.4, -0.2) is 0 Å². The Labute approximate surface area is 592 Å². The van der Waals surface area contributed by atoms with E-state index in [9.17, 15) is 0 Å². The lowest BCUT2D eigenvalue weighted by Crippen LogP contribution is -2.17. The van der Waals surface area contributed by atoms with Crippen LogP contribution in [0.25, 0.3) is 91.1 Å². The maximum Gasteiger partial charge on any atom is 0.0466 e. The van der Waals surface area contributed by atoms with Crippen LogP contribution in [0.15, 0.2) is 267 Å². The van der Waals surface area contributed by atoms with Gasteiger partial charge in [-0.3, -0.25) is 0 Å². The summed E-state index contributed by atoms with van der Waals surface area (Å²) in [4.78, 5) is 4.89. The highest BCUT2D eigenvalue weighted by Gasteiger charge is 2.40. The Morgan fingerprint density at radius 1 is 0.200 bits per heavy atom. The summed E-state index contributed by atoms with van der Waals surface area (Å²) >= 11 is 0. The number of hydrogen-bond donors (Lipinski definition) is 0. The third kappa shape index (κ3) is 10.4. The van der Waals surface area contributed by atoms with Crippen LogP contribution >= 0.6 is 0 Å². The van der Waals surface area contributed by atoms with Gasteiger partial charge in [-0.05, 0) is 268 Å². The maximum atomic E-state index is 2.45. The molecule has 0 saturated carbocycles. The van der Waals surface area contributed by atoms with Crippen molar-refractivity contribution in [1.29, 1.82) is 0 Å². The van der Waals surface area contributed by atoms with Crippen molar-refractivity contribution in [1.82, 2.24) is 0 Å². The predicted molar refractivity (Wildman–Crippen MR) is 427 cm³/mol. The van der Waals surface area contributed by atoms with Crippen molar-refractivity contribution in [2.24, 2.45) is 0 Å². The first kappa shape index (κ1) is 62.5. The topological polar surface area (TPSA) is 6.48 Å². The Balaban J connectivity index is 0.589. The summed E-state index contributed by atoms with van der Waals surface area (Å²) in [6.45, 7) is 27.8. The van der Waals surface area contributed by atoms with Crippen molar-refractivity contribution in [2.45, 2.75) is 105 Å².